The number of ether oxygens (including phenoxy) is 1. The van der Waals surface area contributed by atoms with E-state index in [-0.39, 0.29) is 12.4 Å². The van der Waals surface area contributed by atoms with Crippen LogP contribution in [0.4, 0.5) is 0 Å². The molecule has 0 aliphatic carbocycles. The Balaban J connectivity index is 1.90. The van der Waals surface area contributed by atoms with Gasteiger partial charge in [0.1, 0.15) is 0 Å². The number of hydrogen-bond donors (Lipinski definition) is 0. The van der Waals surface area contributed by atoms with E-state index in [1.165, 1.54) is 12.2 Å². The first-order chi connectivity index (χ1) is 10.5. The van der Waals surface area contributed by atoms with Gasteiger partial charge in [-0.15, -0.1) is 11.3 Å². The standard InChI is InChI=1S/C15H9Cl3O3S/c16-10-3-1-9(11(17)7-10)2-6-15(20)21-8-12(19)13-4-5-14(18)22-13/h1-7H,8H2/b6-2+. The molecule has 7 heteroatoms. The Hall–Kier alpha value is -1.33. The van der Waals surface area contributed by atoms with Crippen LogP contribution in [0.5, 0.6) is 0 Å². The summed E-state index contributed by atoms with van der Waals surface area (Å²) in [5, 5.41) is 0.922. The summed E-state index contributed by atoms with van der Waals surface area (Å²) in [5.41, 5.74) is 0.624. The first kappa shape index (κ1) is 17.0. The number of carbonyl (C=O) groups is 2. The van der Waals surface area contributed by atoms with E-state index >= 15 is 0 Å². The minimum absolute atomic E-state index is 0.303. The molecule has 0 saturated carbocycles. The van der Waals surface area contributed by atoms with Crippen LogP contribution in [-0.4, -0.2) is 18.4 Å². The topological polar surface area (TPSA) is 43.4 Å². The Morgan fingerprint density at radius 3 is 2.55 bits per heavy atom. The molecular formula is C15H9Cl3O3S. The maximum absolute atomic E-state index is 11.7. The summed E-state index contributed by atoms with van der Waals surface area (Å²) in [6, 6.07) is 8.10. The molecule has 0 saturated heterocycles. The average molecular weight is 376 g/mol. The Morgan fingerprint density at radius 1 is 1.14 bits per heavy atom. The molecule has 0 unspecified atom stereocenters. The molecule has 22 heavy (non-hydrogen) atoms. The highest BCUT2D eigenvalue weighted by Crippen LogP contribution is 2.23. The van der Waals surface area contributed by atoms with Crippen molar-refractivity contribution in [2.24, 2.45) is 0 Å². The Morgan fingerprint density at radius 2 is 1.91 bits per heavy atom. The molecule has 0 fully saturated rings. The van der Waals surface area contributed by atoms with Crippen LogP contribution >= 0.6 is 46.1 Å². The van der Waals surface area contributed by atoms with Crippen molar-refractivity contribution in [2.45, 2.75) is 0 Å². The van der Waals surface area contributed by atoms with E-state index in [1.807, 2.05) is 0 Å². The van der Waals surface area contributed by atoms with Gasteiger partial charge in [0.15, 0.2) is 6.61 Å². The second-order valence-electron chi connectivity index (χ2n) is 4.13. The van der Waals surface area contributed by atoms with E-state index in [0.717, 1.165) is 11.3 Å². The van der Waals surface area contributed by atoms with Gasteiger partial charge in [-0.25, -0.2) is 4.79 Å². The minimum atomic E-state index is -0.637. The number of rotatable bonds is 5. The Labute approximate surface area is 146 Å². The molecule has 0 aliphatic heterocycles. The summed E-state index contributed by atoms with van der Waals surface area (Å²) >= 11 is 18.6. The van der Waals surface area contributed by atoms with Crippen LogP contribution < -0.4 is 0 Å². The van der Waals surface area contributed by atoms with Gasteiger partial charge in [0.25, 0.3) is 0 Å². The van der Waals surface area contributed by atoms with Crippen LogP contribution in [0.3, 0.4) is 0 Å². The average Bonchev–Trinajstić information content (AvgIpc) is 2.90. The van der Waals surface area contributed by atoms with E-state index in [2.05, 4.69) is 0 Å². The smallest absolute Gasteiger partial charge is 0.331 e. The van der Waals surface area contributed by atoms with Gasteiger partial charge in [-0.3, -0.25) is 4.79 Å². The maximum Gasteiger partial charge on any atom is 0.331 e. The number of Topliss-reactive ketones (excluding diaryl/α,β-unsaturated/α-hetero) is 1. The van der Waals surface area contributed by atoms with Crippen LogP contribution in [0.1, 0.15) is 15.2 Å². The van der Waals surface area contributed by atoms with Crippen molar-refractivity contribution in [2.75, 3.05) is 6.61 Å². The number of hydrogen-bond acceptors (Lipinski definition) is 4. The Bertz CT molecular complexity index is 737. The zero-order chi connectivity index (χ0) is 16.1. The van der Waals surface area contributed by atoms with Crippen LogP contribution in [0, 0.1) is 0 Å². The molecule has 2 aromatic rings. The van der Waals surface area contributed by atoms with Gasteiger partial charge in [-0.1, -0.05) is 40.9 Å². The molecule has 2 rings (SSSR count). The van der Waals surface area contributed by atoms with Crippen molar-refractivity contribution in [1.82, 2.24) is 0 Å². The lowest BCUT2D eigenvalue weighted by atomic mass is 10.2. The summed E-state index contributed by atoms with van der Waals surface area (Å²) in [7, 11) is 0. The van der Waals surface area contributed by atoms with Crippen LogP contribution in [0.25, 0.3) is 6.08 Å². The van der Waals surface area contributed by atoms with Crippen LogP contribution in [0.2, 0.25) is 14.4 Å². The van der Waals surface area contributed by atoms with E-state index in [9.17, 15) is 9.59 Å². The molecule has 1 aromatic heterocycles. The number of carbonyl (C=O) groups excluding carboxylic acids is 2. The monoisotopic (exact) mass is 374 g/mol. The van der Waals surface area contributed by atoms with Crippen molar-refractivity contribution >= 4 is 64.0 Å². The fraction of sp³-hybridized carbons (Fsp3) is 0.0667. The van der Waals surface area contributed by atoms with Crippen molar-refractivity contribution in [3.8, 4) is 0 Å². The molecule has 114 valence electrons. The molecule has 0 N–H and O–H groups in total. The van der Waals surface area contributed by atoms with E-state index in [4.69, 9.17) is 39.5 Å². The molecule has 0 atom stereocenters. The fourth-order valence-corrected chi connectivity index (χ4v) is 2.95. The number of esters is 1. The van der Waals surface area contributed by atoms with Gasteiger partial charge in [0.2, 0.25) is 5.78 Å². The molecule has 0 aliphatic rings. The Kier molecular flexibility index (Phi) is 6.03. The highest BCUT2D eigenvalue weighted by Gasteiger charge is 2.11. The second kappa shape index (κ2) is 7.79. The first-order valence-corrected chi connectivity index (χ1v) is 7.99. The molecule has 3 nitrogen and oxygen atoms in total. The summed E-state index contributed by atoms with van der Waals surface area (Å²) in [4.78, 5) is 23.8. The third-order valence-electron chi connectivity index (χ3n) is 2.56. The van der Waals surface area contributed by atoms with Gasteiger partial charge >= 0.3 is 5.97 Å². The zero-order valence-electron chi connectivity index (χ0n) is 11.0. The summed E-state index contributed by atoms with van der Waals surface area (Å²) in [6.45, 7) is -0.339. The molecule has 1 heterocycles. The zero-order valence-corrected chi connectivity index (χ0v) is 14.1. The first-order valence-electron chi connectivity index (χ1n) is 6.04. The largest absolute Gasteiger partial charge is 0.454 e. The van der Waals surface area contributed by atoms with E-state index in [1.54, 1.807) is 30.3 Å². The lowest BCUT2D eigenvalue weighted by molar-refractivity contribution is -0.136. The third-order valence-corrected chi connectivity index (χ3v) is 4.39. The van der Waals surface area contributed by atoms with Gasteiger partial charge in [0, 0.05) is 16.1 Å². The van der Waals surface area contributed by atoms with E-state index < -0.39 is 5.97 Å². The highest BCUT2D eigenvalue weighted by atomic mass is 35.5. The van der Waals surface area contributed by atoms with Gasteiger partial charge in [-0.05, 0) is 35.9 Å². The normalized spacial score (nSPS) is 10.9. The molecule has 0 bridgehead atoms. The number of ketones is 1. The predicted molar refractivity (Wildman–Crippen MR) is 90.1 cm³/mol. The summed E-state index contributed by atoms with van der Waals surface area (Å²) < 4.78 is 5.38. The second-order valence-corrected chi connectivity index (χ2v) is 6.69. The van der Waals surface area contributed by atoms with Crippen LogP contribution in [0.15, 0.2) is 36.4 Å². The minimum Gasteiger partial charge on any atom is -0.454 e. The lowest BCUT2D eigenvalue weighted by Crippen LogP contribution is -2.11. The maximum atomic E-state index is 11.7. The predicted octanol–water partition coefficient (Wildman–Crippen LogP) is 5.15. The van der Waals surface area contributed by atoms with E-state index in [0.29, 0.717) is 24.8 Å². The summed E-state index contributed by atoms with van der Waals surface area (Å²) in [6.07, 6.45) is 2.69. The highest BCUT2D eigenvalue weighted by molar-refractivity contribution is 7.18. The quantitative estimate of drug-likeness (QED) is 0.412. The molecule has 0 radical (unpaired) electrons. The number of benzene rings is 1. The molecule has 0 amide bonds. The summed E-state index contributed by atoms with van der Waals surface area (Å²) in [5.74, 6) is -0.940. The lowest BCUT2D eigenvalue weighted by Gasteiger charge is -2.00. The molecule has 1 aromatic carbocycles. The van der Waals surface area contributed by atoms with Crippen molar-refractivity contribution in [3.63, 3.8) is 0 Å². The van der Waals surface area contributed by atoms with Gasteiger partial charge < -0.3 is 4.74 Å². The van der Waals surface area contributed by atoms with Crippen molar-refractivity contribution in [3.05, 3.63) is 61.2 Å². The molecular weight excluding hydrogens is 367 g/mol. The number of thiophene rings is 1. The third kappa shape index (κ3) is 4.85. The van der Waals surface area contributed by atoms with Gasteiger partial charge in [0.05, 0.1) is 9.21 Å². The van der Waals surface area contributed by atoms with Gasteiger partial charge in [-0.2, -0.15) is 0 Å². The molecule has 0 spiro atoms. The SMILES string of the molecule is O=C(/C=C/c1ccc(Cl)cc1Cl)OCC(=O)c1ccc(Cl)s1. The number of halogens is 3. The van der Waals surface area contributed by atoms with Crippen molar-refractivity contribution in [1.29, 1.82) is 0 Å². The fourth-order valence-electron chi connectivity index (χ4n) is 1.51. The van der Waals surface area contributed by atoms with Crippen LogP contribution in [-0.2, 0) is 9.53 Å². The van der Waals surface area contributed by atoms with Crippen molar-refractivity contribution < 1.29 is 14.3 Å².